The van der Waals surface area contributed by atoms with Gasteiger partial charge in [-0.15, -0.1) is 0 Å². The fraction of sp³-hybridized carbons (Fsp3) is 0.600. The Morgan fingerprint density at radius 3 is 2.70 bits per heavy atom. The molecule has 0 fully saturated rings. The highest BCUT2D eigenvalue weighted by Gasteiger charge is 2.04. The summed E-state index contributed by atoms with van der Waals surface area (Å²) < 4.78 is 0. The van der Waals surface area contributed by atoms with Gasteiger partial charge in [-0.3, -0.25) is 0 Å². The number of nitrogens with two attached hydrogens (primary N) is 1. The van der Waals surface area contributed by atoms with Crippen molar-refractivity contribution in [2.45, 2.75) is 13.3 Å². The summed E-state index contributed by atoms with van der Waals surface area (Å²) >= 11 is 0. The van der Waals surface area contributed by atoms with Crippen LogP contribution in [0, 0.1) is 0 Å². The predicted molar refractivity (Wildman–Crippen MR) is 34.7 cm³/mol. The van der Waals surface area contributed by atoms with Crippen molar-refractivity contribution in [3.63, 3.8) is 0 Å². The third-order valence-corrected chi connectivity index (χ3v) is 0.851. The Kier molecular flexibility index (Phi) is 3.91. The van der Waals surface area contributed by atoms with Crippen LogP contribution in [0.4, 0.5) is 4.79 Å². The smallest absolute Gasteiger partial charge is 0.335 e. The third-order valence-electron chi connectivity index (χ3n) is 0.851. The summed E-state index contributed by atoms with van der Waals surface area (Å²) in [5, 5.41) is 3.93. The largest absolute Gasteiger partial charge is 0.350 e. The van der Waals surface area contributed by atoms with Crippen LogP contribution in [0.3, 0.4) is 0 Å². The Labute approximate surface area is 58.5 Å². The van der Waals surface area contributed by atoms with Crippen molar-refractivity contribution in [1.82, 2.24) is 5.01 Å². The number of hydrazone groups is 1. The number of carbonyl (C=O) groups is 1. The van der Waals surface area contributed by atoms with Crippen LogP contribution < -0.4 is 5.73 Å². The molecule has 0 aliphatic carbocycles. The zero-order chi connectivity index (χ0) is 7.98. The molecule has 0 atom stereocenters. The van der Waals surface area contributed by atoms with Crippen molar-refractivity contribution in [3.05, 3.63) is 0 Å². The minimum Gasteiger partial charge on any atom is -0.350 e. The van der Waals surface area contributed by atoms with E-state index in [4.69, 9.17) is 5.73 Å². The molecule has 5 nitrogen and oxygen atoms in total. The van der Waals surface area contributed by atoms with Gasteiger partial charge in [-0.25, -0.2) is 14.6 Å². The molecule has 56 valence electrons. The lowest BCUT2D eigenvalue weighted by Crippen LogP contribution is -2.31. The number of nitrogens with zero attached hydrogens (tertiary/aromatic N) is 2. The lowest BCUT2D eigenvalue weighted by molar-refractivity contribution is 0.209. The molecule has 0 aromatic rings. The minimum absolute atomic E-state index is 0.352. The Balaban J connectivity index is 3.97. The molecule has 2 N–H and O–H groups in total. The van der Waals surface area contributed by atoms with Crippen LogP contribution in [-0.4, -0.2) is 23.7 Å². The van der Waals surface area contributed by atoms with E-state index in [0.717, 1.165) is 5.01 Å². The summed E-state index contributed by atoms with van der Waals surface area (Å²) in [5.74, 6) is 0. The van der Waals surface area contributed by atoms with E-state index in [9.17, 15) is 9.59 Å². The van der Waals surface area contributed by atoms with E-state index in [0.29, 0.717) is 13.0 Å². The van der Waals surface area contributed by atoms with Gasteiger partial charge in [0.25, 0.3) is 6.08 Å². The van der Waals surface area contributed by atoms with Crippen molar-refractivity contribution in [3.8, 4) is 0 Å². The number of hydrogen-bond donors (Lipinski definition) is 1. The minimum atomic E-state index is -0.731. The first-order valence-electron chi connectivity index (χ1n) is 2.87. The Bertz CT molecular complexity index is 160. The summed E-state index contributed by atoms with van der Waals surface area (Å²) in [6, 6.07) is -0.731. The number of carbonyl (C=O) groups excluding carboxylic acids is 2. The maximum Gasteiger partial charge on any atom is 0.335 e. The van der Waals surface area contributed by atoms with E-state index < -0.39 is 6.03 Å². The standard InChI is InChI=1S/C5H9N3O2/c1-2-3-8(5(6)10)7-4-9/h2-3H2,1H3,(H2,6,10). The highest BCUT2D eigenvalue weighted by Crippen LogP contribution is 1.89. The molecule has 0 heterocycles. The van der Waals surface area contributed by atoms with Crippen LogP contribution in [0.5, 0.6) is 0 Å². The molecule has 0 aliphatic heterocycles. The van der Waals surface area contributed by atoms with Gasteiger partial charge in [-0.05, 0) is 6.42 Å². The Hall–Kier alpha value is -1.35. The van der Waals surface area contributed by atoms with Crippen LogP contribution in [0.2, 0.25) is 0 Å². The van der Waals surface area contributed by atoms with Gasteiger partial charge in [-0.1, -0.05) is 12.0 Å². The zero-order valence-electron chi connectivity index (χ0n) is 5.70. The topological polar surface area (TPSA) is 75.8 Å². The molecule has 0 unspecified atom stereocenters. The molecular weight excluding hydrogens is 134 g/mol. The quantitative estimate of drug-likeness (QED) is 0.343. The summed E-state index contributed by atoms with van der Waals surface area (Å²) in [6.45, 7) is 2.20. The summed E-state index contributed by atoms with van der Waals surface area (Å²) in [4.78, 5) is 20.0. The molecule has 0 aromatic heterocycles. The lowest BCUT2D eigenvalue weighted by atomic mass is 10.5. The summed E-state index contributed by atoms with van der Waals surface area (Å²) in [6.07, 6.45) is 1.94. The average molecular weight is 143 g/mol. The Morgan fingerprint density at radius 1 is 1.80 bits per heavy atom. The molecule has 0 saturated heterocycles. The molecule has 0 rings (SSSR count). The van der Waals surface area contributed by atoms with Crippen molar-refractivity contribution in [2.24, 2.45) is 10.8 Å². The number of urea groups is 1. The monoisotopic (exact) mass is 143 g/mol. The van der Waals surface area contributed by atoms with E-state index in [-0.39, 0.29) is 0 Å². The van der Waals surface area contributed by atoms with Crippen LogP contribution in [-0.2, 0) is 4.79 Å². The average Bonchev–Trinajstić information content (AvgIpc) is 1.87. The van der Waals surface area contributed by atoms with Gasteiger partial charge < -0.3 is 5.73 Å². The van der Waals surface area contributed by atoms with E-state index >= 15 is 0 Å². The van der Waals surface area contributed by atoms with Gasteiger partial charge in [0.15, 0.2) is 0 Å². The van der Waals surface area contributed by atoms with Gasteiger partial charge >= 0.3 is 6.03 Å². The number of rotatable bonds is 3. The van der Waals surface area contributed by atoms with E-state index in [1.54, 1.807) is 0 Å². The first kappa shape index (κ1) is 8.65. The fourth-order valence-electron chi connectivity index (χ4n) is 0.471. The van der Waals surface area contributed by atoms with Crippen LogP contribution in [0.15, 0.2) is 5.10 Å². The molecular formula is C5H9N3O2. The van der Waals surface area contributed by atoms with Crippen LogP contribution in [0.1, 0.15) is 13.3 Å². The van der Waals surface area contributed by atoms with Gasteiger partial charge in [0.05, 0.1) is 0 Å². The molecule has 0 aromatic carbocycles. The lowest BCUT2D eigenvalue weighted by Gasteiger charge is -2.08. The molecule has 10 heavy (non-hydrogen) atoms. The van der Waals surface area contributed by atoms with Crippen LogP contribution in [0.25, 0.3) is 0 Å². The first-order chi connectivity index (χ1) is 4.72. The second kappa shape index (κ2) is 4.52. The van der Waals surface area contributed by atoms with Crippen molar-refractivity contribution >= 4 is 12.1 Å². The molecule has 0 radical (unpaired) electrons. The number of isocyanates is 1. The number of amides is 2. The predicted octanol–water partition coefficient (Wildman–Crippen LogP) is 0.0279. The van der Waals surface area contributed by atoms with E-state index in [2.05, 4.69) is 5.10 Å². The molecule has 0 bridgehead atoms. The fourth-order valence-corrected chi connectivity index (χ4v) is 0.471. The highest BCUT2D eigenvalue weighted by molar-refractivity contribution is 5.72. The molecule has 5 heteroatoms. The van der Waals surface area contributed by atoms with E-state index in [1.165, 1.54) is 6.08 Å². The van der Waals surface area contributed by atoms with Crippen molar-refractivity contribution < 1.29 is 9.59 Å². The SMILES string of the molecule is CCCN(N=C=O)C(N)=O. The maximum absolute atomic E-state index is 10.4. The number of hydrogen-bond acceptors (Lipinski definition) is 3. The molecule has 0 aliphatic rings. The van der Waals surface area contributed by atoms with Gasteiger partial charge in [0, 0.05) is 6.54 Å². The maximum atomic E-state index is 10.4. The van der Waals surface area contributed by atoms with Gasteiger partial charge in [0.1, 0.15) is 0 Å². The molecule has 0 spiro atoms. The summed E-state index contributed by atoms with van der Waals surface area (Å²) in [7, 11) is 0. The first-order valence-corrected chi connectivity index (χ1v) is 2.87. The van der Waals surface area contributed by atoms with Crippen LogP contribution >= 0.6 is 0 Å². The second-order valence-corrected chi connectivity index (χ2v) is 1.65. The highest BCUT2D eigenvalue weighted by atomic mass is 16.2. The van der Waals surface area contributed by atoms with Crippen molar-refractivity contribution in [1.29, 1.82) is 0 Å². The van der Waals surface area contributed by atoms with Gasteiger partial charge in [-0.2, -0.15) is 0 Å². The number of primary amides is 1. The van der Waals surface area contributed by atoms with Crippen molar-refractivity contribution in [2.75, 3.05) is 6.54 Å². The zero-order valence-corrected chi connectivity index (χ0v) is 5.70. The summed E-state index contributed by atoms with van der Waals surface area (Å²) in [5.41, 5.74) is 4.82. The second-order valence-electron chi connectivity index (χ2n) is 1.65. The van der Waals surface area contributed by atoms with E-state index in [1.807, 2.05) is 6.92 Å². The third kappa shape index (κ3) is 2.84. The normalized spacial score (nSPS) is 8.10. The molecule has 0 saturated carbocycles. The Morgan fingerprint density at radius 2 is 2.40 bits per heavy atom. The molecule has 2 amide bonds. The van der Waals surface area contributed by atoms with Gasteiger partial charge in [0.2, 0.25) is 0 Å².